The molecule has 1 heterocycles. The highest BCUT2D eigenvalue weighted by atomic mass is 32.2. The smallest absolute Gasteiger partial charge is 0.234 e. The Bertz CT molecular complexity index is 935. The van der Waals surface area contributed by atoms with Crippen LogP contribution in [0.5, 0.6) is 0 Å². The van der Waals surface area contributed by atoms with Crippen molar-refractivity contribution in [3.05, 3.63) is 65.6 Å². The van der Waals surface area contributed by atoms with Crippen LogP contribution in [0.15, 0.2) is 53.8 Å². The third-order valence-electron chi connectivity index (χ3n) is 4.24. The molecule has 4 nitrogen and oxygen atoms in total. The molecule has 0 aliphatic carbocycles. The van der Waals surface area contributed by atoms with Gasteiger partial charge in [0, 0.05) is 5.69 Å². The van der Waals surface area contributed by atoms with Gasteiger partial charge >= 0.3 is 0 Å². The van der Waals surface area contributed by atoms with E-state index >= 15 is 0 Å². The maximum Gasteiger partial charge on any atom is 0.234 e. The summed E-state index contributed by atoms with van der Waals surface area (Å²) in [6, 6.07) is 12.2. The van der Waals surface area contributed by atoms with Crippen molar-refractivity contribution in [1.29, 1.82) is 0 Å². The number of benzene rings is 2. The molecule has 1 amide bonds. The highest BCUT2D eigenvalue weighted by molar-refractivity contribution is 7.99. The summed E-state index contributed by atoms with van der Waals surface area (Å²) in [5.74, 6) is 0.232. The molecule has 0 unspecified atom stereocenters. The topological polar surface area (TPSA) is 57.8 Å². The van der Waals surface area contributed by atoms with Gasteiger partial charge in [0.1, 0.15) is 5.82 Å². The number of hydrogen-bond donors (Lipinski definition) is 2. The second-order valence-electron chi connectivity index (χ2n) is 6.64. The van der Waals surface area contributed by atoms with Gasteiger partial charge in [-0.05, 0) is 53.8 Å². The van der Waals surface area contributed by atoms with Gasteiger partial charge in [0.25, 0.3) is 0 Å². The van der Waals surface area contributed by atoms with Gasteiger partial charge in [0.2, 0.25) is 5.91 Å². The van der Waals surface area contributed by atoms with Crippen LogP contribution in [0.25, 0.3) is 11.3 Å². The number of H-pyrrole nitrogens is 1. The quantitative estimate of drug-likeness (QED) is 0.562. The van der Waals surface area contributed by atoms with Crippen LogP contribution >= 0.6 is 11.8 Å². The molecule has 0 saturated carbocycles. The number of carbonyl (C=O) groups excluding carboxylic acids is 1. The minimum absolute atomic E-state index is 0.0732. The molecule has 27 heavy (non-hydrogen) atoms. The molecule has 6 heteroatoms. The van der Waals surface area contributed by atoms with Crippen molar-refractivity contribution in [2.75, 3.05) is 11.1 Å². The molecule has 0 saturated heterocycles. The minimum atomic E-state index is -0.276. The van der Waals surface area contributed by atoms with Crippen LogP contribution in [-0.2, 0) is 4.79 Å². The van der Waals surface area contributed by atoms with E-state index in [9.17, 15) is 9.18 Å². The monoisotopic (exact) mass is 383 g/mol. The van der Waals surface area contributed by atoms with E-state index in [2.05, 4.69) is 29.1 Å². The van der Waals surface area contributed by atoms with E-state index in [0.29, 0.717) is 11.1 Å². The number of imidazole rings is 1. The van der Waals surface area contributed by atoms with Crippen molar-refractivity contribution in [2.45, 2.75) is 31.8 Å². The normalized spacial score (nSPS) is 11.0. The van der Waals surface area contributed by atoms with Crippen molar-refractivity contribution in [3.63, 3.8) is 0 Å². The molecule has 0 bridgehead atoms. The number of nitrogens with one attached hydrogen (secondary N) is 2. The van der Waals surface area contributed by atoms with E-state index < -0.39 is 0 Å². The number of para-hydroxylation sites is 1. The lowest BCUT2D eigenvalue weighted by atomic mass is 9.98. The number of aromatic amines is 1. The molecule has 0 spiro atoms. The van der Waals surface area contributed by atoms with Crippen LogP contribution in [0.4, 0.5) is 10.1 Å². The first-order valence-electron chi connectivity index (χ1n) is 8.77. The molecular formula is C21H22FN3OS. The van der Waals surface area contributed by atoms with E-state index in [4.69, 9.17) is 0 Å². The summed E-state index contributed by atoms with van der Waals surface area (Å²) in [4.78, 5) is 19.9. The molecule has 2 aromatic carbocycles. The fraction of sp³-hybridized carbons (Fsp3) is 0.238. The summed E-state index contributed by atoms with van der Waals surface area (Å²) >= 11 is 1.33. The van der Waals surface area contributed by atoms with Gasteiger partial charge in [-0.3, -0.25) is 4.79 Å². The van der Waals surface area contributed by atoms with Crippen LogP contribution in [0, 0.1) is 12.7 Å². The average Bonchev–Trinajstić information content (AvgIpc) is 3.11. The van der Waals surface area contributed by atoms with Gasteiger partial charge < -0.3 is 10.3 Å². The SMILES string of the molecule is Cc1cccc(C(C)C)c1NC(=O)CSc1ncc(-c2ccc(F)cc2)[nH]1. The molecule has 3 aromatic rings. The molecule has 0 radical (unpaired) electrons. The Hall–Kier alpha value is -2.60. The first kappa shape index (κ1) is 19.2. The Morgan fingerprint density at radius 2 is 1.96 bits per heavy atom. The molecule has 0 atom stereocenters. The zero-order valence-electron chi connectivity index (χ0n) is 15.5. The lowest BCUT2D eigenvalue weighted by Gasteiger charge is -2.16. The third-order valence-corrected chi connectivity index (χ3v) is 5.13. The summed E-state index contributed by atoms with van der Waals surface area (Å²) in [7, 11) is 0. The van der Waals surface area contributed by atoms with Gasteiger partial charge in [0.15, 0.2) is 5.16 Å². The number of rotatable bonds is 6. The lowest BCUT2D eigenvalue weighted by molar-refractivity contribution is -0.113. The van der Waals surface area contributed by atoms with Gasteiger partial charge in [-0.1, -0.05) is 43.8 Å². The number of nitrogens with zero attached hydrogens (tertiary/aromatic N) is 1. The van der Waals surface area contributed by atoms with Crippen LogP contribution in [0.2, 0.25) is 0 Å². The predicted molar refractivity (Wildman–Crippen MR) is 109 cm³/mol. The maximum absolute atomic E-state index is 13.0. The summed E-state index contributed by atoms with van der Waals surface area (Å²) in [5.41, 5.74) is 4.71. The second-order valence-corrected chi connectivity index (χ2v) is 7.60. The number of aromatic nitrogens is 2. The zero-order valence-corrected chi connectivity index (χ0v) is 16.4. The highest BCUT2D eigenvalue weighted by Crippen LogP contribution is 2.28. The first-order valence-corrected chi connectivity index (χ1v) is 9.75. The minimum Gasteiger partial charge on any atom is -0.333 e. The standard InChI is InChI=1S/C21H22FN3OS/c1-13(2)17-6-4-5-14(3)20(17)25-19(26)12-27-21-23-11-18(24-21)15-7-9-16(22)10-8-15/h4-11,13H,12H2,1-3H3,(H,23,24)(H,25,26). The number of aryl methyl sites for hydroxylation is 1. The molecular weight excluding hydrogens is 361 g/mol. The lowest BCUT2D eigenvalue weighted by Crippen LogP contribution is -2.16. The summed E-state index contributed by atoms with van der Waals surface area (Å²) in [6.45, 7) is 6.22. The van der Waals surface area contributed by atoms with E-state index in [1.807, 2.05) is 25.1 Å². The van der Waals surface area contributed by atoms with E-state index in [1.54, 1.807) is 18.3 Å². The summed E-state index contributed by atoms with van der Waals surface area (Å²) < 4.78 is 13.0. The van der Waals surface area contributed by atoms with E-state index in [-0.39, 0.29) is 17.5 Å². The van der Waals surface area contributed by atoms with Crippen molar-refractivity contribution >= 4 is 23.4 Å². The molecule has 3 rings (SSSR count). The third kappa shape index (κ3) is 4.77. The Labute approximate surface area is 162 Å². The predicted octanol–water partition coefficient (Wildman–Crippen LogP) is 5.38. The Balaban J connectivity index is 1.63. The van der Waals surface area contributed by atoms with Gasteiger partial charge in [0.05, 0.1) is 17.6 Å². The Morgan fingerprint density at radius 3 is 2.67 bits per heavy atom. The average molecular weight is 383 g/mol. The maximum atomic E-state index is 13.0. The number of anilines is 1. The molecule has 1 aromatic heterocycles. The molecule has 0 aliphatic heterocycles. The number of hydrogen-bond acceptors (Lipinski definition) is 3. The van der Waals surface area contributed by atoms with E-state index in [1.165, 1.54) is 23.9 Å². The van der Waals surface area contributed by atoms with Crippen LogP contribution in [0.3, 0.4) is 0 Å². The van der Waals surface area contributed by atoms with Crippen LogP contribution < -0.4 is 5.32 Å². The number of halogens is 1. The fourth-order valence-electron chi connectivity index (χ4n) is 2.80. The zero-order chi connectivity index (χ0) is 19.4. The Morgan fingerprint density at radius 1 is 1.22 bits per heavy atom. The molecule has 2 N–H and O–H groups in total. The highest BCUT2D eigenvalue weighted by Gasteiger charge is 2.13. The first-order chi connectivity index (χ1) is 12.9. The van der Waals surface area contributed by atoms with Crippen LogP contribution in [0.1, 0.15) is 30.9 Å². The Kier molecular flexibility index (Phi) is 5.96. The number of thioether (sulfide) groups is 1. The molecule has 140 valence electrons. The molecule has 0 aliphatic rings. The number of carbonyl (C=O) groups is 1. The van der Waals surface area contributed by atoms with Crippen molar-refractivity contribution < 1.29 is 9.18 Å². The summed E-state index contributed by atoms with van der Waals surface area (Å²) in [5, 5.41) is 3.68. The van der Waals surface area contributed by atoms with Gasteiger partial charge in [-0.25, -0.2) is 9.37 Å². The van der Waals surface area contributed by atoms with Crippen LogP contribution in [-0.4, -0.2) is 21.6 Å². The van der Waals surface area contributed by atoms with Crippen molar-refractivity contribution in [2.24, 2.45) is 0 Å². The fourth-order valence-corrected chi connectivity index (χ4v) is 3.45. The second kappa shape index (κ2) is 8.39. The largest absolute Gasteiger partial charge is 0.333 e. The van der Waals surface area contributed by atoms with E-state index in [0.717, 1.165) is 28.1 Å². The summed E-state index contributed by atoms with van der Waals surface area (Å²) in [6.07, 6.45) is 1.69. The molecule has 0 fully saturated rings. The van der Waals surface area contributed by atoms with Gasteiger partial charge in [-0.2, -0.15) is 0 Å². The van der Waals surface area contributed by atoms with Gasteiger partial charge in [-0.15, -0.1) is 0 Å². The number of amides is 1. The van der Waals surface area contributed by atoms with Crippen molar-refractivity contribution in [1.82, 2.24) is 9.97 Å². The van der Waals surface area contributed by atoms with Crippen molar-refractivity contribution in [3.8, 4) is 11.3 Å².